The average molecular weight is 189 g/mol. The predicted octanol–water partition coefficient (Wildman–Crippen LogP) is 1.12. The number of carbonyl (C=O) groups is 1. The molecule has 0 aromatic carbocycles. The number of carbonyl (C=O) groups excluding carboxylic acids is 1. The highest BCUT2D eigenvalue weighted by Crippen LogP contribution is 1.91. The normalized spacial score (nSPS) is 10.8. The minimum absolute atomic E-state index is 0.152. The molecule has 78 valence electrons. The van der Waals surface area contributed by atoms with E-state index in [-0.39, 0.29) is 12.6 Å². The standard InChI is InChI=1S/C9H19NO3/c1-8(2)6-12-7-13-10-5-4-9(3)11/h8,10H,4-7H2,1-3H3. The lowest BCUT2D eigenvalue weighted by atomic mass is 10.2. The molecule has 0 saturated heterocycles. The Hall–Kier alpha value is -0.450. The van der Waals surface area contributed by atoms with Crippen LogP contribution in [0.4, 0.5) is 0 Å². The Kier molecular flexibility index (Phi) is 7.88. The van der Waals surface area contributed by atoms with Gasteiger partial charge in [0, 0.05) is 13.0 Å². The van der Waals surface area contributed by atoms with E-state index in [1.807, 2.05) is 0 Å². The van der Waals surface area contributed by atoms with Crippen molar-refractivity contribution in [3.8, 4) is 0 Å². The first kappa shape index (κ1) is 12.6. The third-order valence-electron chi connectivity index (χ3n) is 1.27. The number of hydroxylamine groups is 1. The zero-order chi connectivity index (χ0) is 10.1. The van der Waals surface area contributed by atoms with Gasteiger partial charge < -0.3 is 4.74 Å². The van der Waals surface area contributed by atoms with Crippen LogP contribution in [0.1, 0.15) is 27.2 Å². The molecule has 0 spiro atoms. The van der Waals surface area contributed by atoms with Crippen molar-refractivity contribution in [3.63, 3.8) is 0 Å². The summed E-state index contributed by atoms with van der Waals surface area (Å²) in [5.74, 6) is 0.667. The highest BCUT2D eigenvalue weighted by atomic mass is 16.8. The molecule has 0 aliphatic carbocycles. The molecule has 0 aliphatic rings. The lowest BCUT2D eigenvalue weighted by molar-refractivity contribution is -0.120. The van der Waals surface area contributed by atoms with Crippen molar-refractivity contribution in [2.45, 2.75) is 27.2 Å². The molecule has 0 aromatic rings. The molecule has 13 heavy (non-hydrogen) atoms. The summed E-state index contributed by atoms with van der Waals surface area (Å²) in [6.45, 7) is 7.16. The SMILES string of the molecule is CC(=O)CCNOCOCC(C)C. The van der Waals surface area contributed by atoms with Crippen molar-refractivity contribution < 1.29 is 14.4 Å². The van der Waals surface area contributed by atoms with E-state index in [1.165, 1.54) is 0 Å². The van der Waals surface area contributed by atoms with Gasteiger partial charge in [-0.25, -0.2) is 0 Å². The lowest BCUT2D eigenvalue weighted by Crippen LogP contribution is -2.20. The van der Waals surface area contributed by atoms with Crippen LogP contribution in [0, 0.1) is 5.92 Å². The van der Waals surface area contributed by atoms with E-state index in [4.69, 9.17) is 9.57 Å². The van der Waals surface area contributed by atoms with Gasteiger partial charge in [0.1, 0.15) is 5.78 Å². The van der Waals surface area contributed by atoms with Gasteiger partial charge in [-0.2, -0.15) is 5.48 Å². The smallest absolute Gasteiger partial charge is 0.166 e. The third-order valence-corrected chi connectivity index (χ3v) is 1.27. The molecule has 0 aromatic heterocycles. The van der Waals surface area contributed by atoms with Crippen molar-refractivity contribution in [3.05, 3.63) is 0 Å². The molecule has 0 atom stereocenters. The van der Waals surface area contributed by atoms with Gasteiger partial charge in [0.15, 0.2) is 6.79 Å². The van der Waals surface area contributed by atoms with E-state index >= 15 is 0 Å². The molecule has 0 fully saturated rings. The average Bonchev–Trinajstić information content (AvgIpc) is 2.01. The molecule has 0 unspecified atom stereocenters. The van der Waals surface area contributed by atoms with E-state index < -0.39 is 0 Å². The quantitative estimate of drug-likeness (QED) is 0.353. The number of rotatable bonds is 8. The summed E-state index contributed by atoms with van der Waals surface area (Å²) in [5, 5.41) is 0. The van der Waals surface area contributed by atoms with Gasteiger partial charge in [-0.05, 0) is 12.8 Å². The molecule has 0 radical (unpaired) electrons. The van der Waals surface area contributed by atoms with Gasteiger partial charge in [0.25, 0.3) is 0 Å². The van der Waals surface area contributed by atoms with E-state index in [9.17, 15) is 4.79 Å². The molecular weight excluding hydrogens is 170 g/mol. The van der Waals surface area contributed by atoms with Crippen LogP contribution in [0.5, 0.6) is 0 Å². The Balaban J connectivity index is 2.96. The van der Waals surface area contributed by atoms with Crippen molar-refractivity contribution in [2.24, 2.45) is 5.92 Å². The van der Waals surface area contributed by atoms with Crippen LogP contribution in [0.15, 0.2) is 0 Å². The highest BCUT2D eigenvalue weighted by Gasteiger charge is 1.94. The molecule has 0 bridgehead atoms. The Morgan fingerprint density at radius 3 is 2.69 bits per heavy atom. The van der Waals surface area contributed by atoms with E-state index in [0.717, 1.165) is 0 Å². The van der Waals surface area contributed by atoms with Crippen LogP contribution in [0.2, 0.25) is 0 Å². The van der Waals surface area contributed by atoms with Gasteiger partial charge in [-0.3, -0.25) is 9.63 Å². The maximum atomic E-state index is 10.5. The van der Waals surface area contributed by atoms with E-state index in [2.05, 4.69) is 19.3 Å². The molecule has 0 amide bonds. The van der Waals surface area contributed by atoms with Gasteiger partial charge in [0.2, 0.25) is 0 Å². The molecule has 4 heteroatoms. The summed E-state index contributed by atoms with van der Waals surface area (Å²) in [6, 6.07) is 0. The minimum atomic E-state index is 0.152. The van der Waals surface area contributed by atoms with Crippen LogP contribution in [-0.2, 0) is 14.4 Å². The first-order valence-electron chi connectivity index (χ1n) is 4.54. The molecule has 0 rings (SSSR count). The van der Waals surface area contributed by atoms with Gasteiger partial charge in [-0.1, -0.05) is 13.8 Å². The maximum Gasteiger partial charge on any atom is 0.166 e. The molecule has 4 nitrogen and oxygen atoms in total. The van der Waals surface area contributed by atoms with Crippen molar-refractivity contribution >= 4 is 5.78 Å². The van der Waals surface area contributed by atoms with Crippen LogP contribution in [0.3, 0.4) is 0 Å². The topological polar surface area (TPSA) is 47.6 Å². The zero-order valence-corrected chi connectivity index (χ0v) is 8.63. The largest absolute Gasteiger partial charge is 0.353 e. The van der Waals surface area contributed by atoms with E-state index in [1.54, 1.807) is 6.92 Å². The first-order chi connectivity index (χ1) is 6.13. The summed E-state index contributed by atoms with van der Waals surface area (Å²) < 4.78 is 5.13. The number of ether oxygens (including phenoxy) is 1. The van der Waals surface area contributed by atoms with Gasteiger partial charge in [-0.15, -0.1) is 0 Å². The second-order valence-corrected chi connectivity index (χ2v) is 3.37. The molecule has 0 aliphatic heterocycles. The summed E-state index contributed by atoms with van der Waals surface area (Å²) in [5.41, 5.74) is 2.64. The van der Waals surface area contributed by atoms with Crippen molar-refractivity contribution in [1.29, 1.82) is 0 Å². The monoisotopic (exact) mass is 189 g/mol. The Bertz CT molecular complexity index is 137. The summed E-state index contributed by atoms with van der Waals surface area (Å²) in [7, 11) is 0. The number of Topliss-reactive ketones (excluding diaryl/α,β-unsaturated/α-hetero) is 1. The number of hydrogen-bond acceptors (Lipinski definition) is 4. The Morgan fingerprint density at radius 2 is 2.15 bits per heavy atom. The third kappa shape index (κ3) is 11.5. The van der Waals surface area contributed by atoms with E-state index in [0.29, 0.717) is 25.5 Å². The Labute approximate surface area is 79.6 Å². The fourth-order valence-corrected chi connectivity index (χ4v) is 0.666. The molecule has 1 N–H and O–H groups in total. The molecule has 0 saturated carbocycles. The van der Waals surface area contributed by atoms with Crippen LogP contribution < -0.4 is 5.48 Å². The number of hydrogen-bond donors (Lipinski definition) is 1. The number of nitrogens with one attached hydrogen (secondary N) is 1. The van der Waals surface area contributed by atoms with Crippen LogP contribution in [0.25, 0.3) is 0 Å². The predicted molar refractivity (Wildman–Crippen MR) is 50.0 cm³/mol. The fraction of sp³-hybridized carbons (Fsp3) is 0.889. The number of ketones is 1. The lowest BCUT2D eigenvalue weighted by Gasteiger charge is -2.07. The first-order valence-corrected chi connectivity index (χ1v) is 4.54. The van der Waals surface area contributed by atoms with Crippen LogP contribution >= 0.6 is 0 Å². The summed E-state index contributed by atoms with van der Waals surface area (Å²) >= 11 is 0. The van der Waals surface area contributed by atoms with Crippen molar-refractivity contribution in [2.75, 3.05) is 19.9 Å². The molecule has 0 heterocycles. The molecular formula is C9H19NO3. The second kappa shape index (κ2) is 8.16. The Morgan fingerprint density at radius 1 is 1.46 bits per heavy atom. The zero-order valence-electron chi connectivity index (χ0n) is 8.63. The minimum Gasteiger partial charge on any atom is -0.353 e. The van der Waals surface area contributed by atoms with Gasteiger partial charge >= 0.3 is 0 Å². The maximum absolute atomic E-state index is 10.5. The van der Waals surface area contributed by atoms with Gasteiger partial charge in [0.05, 0.1) is 6.61 Å². The fourth-order valence-electron chi connectivity index (χ4n) is 0.666. The highest BCUT2D eigenvalue weighted by molar-refractivity contribution is 5.75. The summed E-state index contributed by atoms with van der Waals surface area (Å²) in [4.78, 5) is 15.4. The summed E-state index contributed by atoms with van der Waals surface area (Å²) in [6.07, 6.45) is 0.490. The van der Waals surface area contributed by atoms with Crippen LogP contribution in [-0.4, -0.2) is 25.7 Å². The second-order valence-electron chi connectivity index (χ2n) is 3.37. The van der Waals surface area contributed by atoms with Crippen molar-refractivity contribution in [1.82, 2.24) is 5.48 Å².